The molecule has 3 N–H and O–H groups in total. The zero-order chi connectivity index (χ0) is 13.4. The normalized spacial score (nSPS) is 9.89. The van der Waals surface area contributed by atoms with Gasteiger partial charge in [-0.2, -0.15) is 0 Å². The van der Waals surface area contributed by atoms with Crippen LogP contribution in [0.3, 0.4) is 0 Å². The van der Waals surface area contributed by atoms with E-state index in [-0.39, 0.29) is 18.4 Å². The van der Waals surface area contributed by atoms with Crippen molar-refractivity contribution >= 4 is 17.5 Å². The van der Waals surface area contributed by atoms with Gasteiger partial charge in [-0.1, -0.05) is 6.07 Å². The van der Waals surface area contributed by atoms with Gasteiger partial charge in [0, 0.05) is 25.7 Å². The number of rotatable bonds is 6. The lowest BCUT2D eigenvalue weighted by molar-refractivity contribution is -0.118. The molecule has 6 heteroatoms. The Hall–Kier alpha value is -1.95. The van der Waals surface area contributed by atoms with Crippen LogP contribution >= 0.6 is 0 Å². The fourth-order valence-electron chi connectivity index (χ4n) is 1.30. The van der Waals surface area contributed by atoms with E-state index in [9.17, 15) is 14.0 Å². The van der Waals surface area contributed by atoms with Crippen LogP contribution in [-0.2, 0) is 9.59 Å². The molecule has 1 aromatic rings. The van der Waals surface area contributed by atoms with Gasteiger partial charge in [0.15, 0.2) is 0 Å². The molecule has 0 aromatic heterocycles. The van der Waals surface area contributed by atoms with Gasteiger partial charge in [0.1, 0.15) is 5.82 Å². The number of carbonyl (C=O) groups excluding carboxylic acids is 2. The predicted octanol–water partition coefficient (Wildman–Crippen LogP) is 0.490. The van der Waals surface area contributed by atoms with E-state index in [4.69, 9.17) is 0 Å². The number of amides is 2. The topological polar surface area (TPSA) is 70.2 Å². The van der Waals surface area contributed by atoms with Gasteiger partial charge in [0.25, 0.3) is 0 Å². The maximum absolute atomic E-state index is 12.8. The van der Waals surface area contributed by atoms with Crippen LogP contribution in [0.5, 0.6) is 0 Å². The molecule has 0 fully saturated rings. The van der Waals surface area contributed by atoms with Crippen LogP contribution in [0.25, 0.3) is 0 Å². The molecule has 0 saturated heterocycles. The van der Waals surface area contributed by atoms with E-state index in [1.165, 1.54) is 25.1 Å². The molecule has 0 atom stereocenters. The van der Waals surface area contributed by atoms with Crippen molar-refractivity contribution in [3.05, 3.63) is 30.1 Å². The molecule has 0 heterocycles. The minimum atomic E-state index is -0.397. The van der Waals surface area contributed by atoms with Crippen LogP contribution in [-0.4, -0.2) is 31.4 Å². The van der Waals surface area contributed by atoms with Gasteiger partial charge in [-0.05, 0) is 18.2 Å². The molecule has 0 bridgehead atoms. The first-order valence-electron chi connectivity index (χ1n) is 5.58. The second-order valence-corrected chi connectivity index (χ2v) is 3.72. The Morgan fingerprint density at radius 1 is 1.28 bits per heavy atom. The molecule has 0 aliphatic rings. The second kappa shape index (κ2) is 7.39. The molecule has 0 unspecified atom stereocenters. The van der Waals surface area contributed by atoms with E-state index in [1.807, 2.05) is 0 Å². The highest BCUT2D eigenvalue weighted by Crippen LogP contribution is 2.08. The summed E-state index contributed by atoms with van der Waals surface area (Å²) in [5.74, 6) is -0.768. The van der Waals surface area contributed by atoms with Crippen LogP contribution in [0, 0.1) is 5.82 Å². The SMILES string of the molecule is CC(=O)NCCNCC(=O)Nc1cccc(F)c1. The fourth-order valence-corrected chi connectivity index (χ4v) is 1.30. The Labute approximate surface area is 105 Å². The third-order valence-electron chi connectivity index (χ3n) is 2.07. The Balaban J connectivity index is 2.20. The van der Waals surface area contributed by atoms with Gasteiger partial charge in [0.2, 0.25) is 11.8 Å². The Kier molecular flexibility index (Phi) is 5.79. The molecular weight excluding hydrogens is 237 g/mol. The summed E-state index contributed by atoms with van der Waals surface area (Å²) in [6.45, 7) is 2.49. The largest absolute Gasteiger partial charge is 0.355 e. The number of hydrogen-bond acceptors (Lipinski definition) is 3. The van der Waals surface area contributed by atoms with E-state index < -0.39 is 5.82 Å². The lowest BCUT2D eigenvalue weighted by Gasteiger charge is -2.07. The van der Waals surface area contributed by atoms with Gasteiger partial charge < -0.3 is 16.0 Å². The van der Waals surface area contributed by atoms with Crippen molar-refractivity contribution in [2.24, 2.45) is 0 Å². The van der Waals surface area contributed by atoms with E-state index in [0.29, 0.717) is 18.8 Å². The summed E-state index contributed by atoms with van der Waals surface area (Å²) in [6, 6.07) is 5.68. The first-order chi connectivity index (χ1) is 8.58. The predicted molar refractivity (Wildman–Crippen MR) is 66.6 cm³/mol. The summed E-state index contributed by atoms with van der Waals surface area (Å²) in [4.78, 5) is 22.0. The number of carbonyl (C=O) groups is 2. The highest BCUT2D eigenvalue weighted by atomic mass is 19.1. The highest BCUT2D eigenvalue weighted by molar-refractivity contribution is 5.92. The standard InChI is InChI=1S/C12H16FN3O2/c1-9(17)15-6-5-14-8-12(18)16-11-4-2-3-10(13)7-11/h2-4,7,14H,5-6,8H2,1H3,(H,15,17)(H,16,18). The van der Waals surface area contributed by atoms with E-state index in [1.54, 1.807) is 6.07 Å². The summed E-state index contributed by atoms with van der Waals surface area (Å²) >= 11 is 0. The summed E-state index contributed by atoms with van der Waals surface area (Å²) in [5, 5.41) is 8.00. The summed E-state index contributed by atoms with van der Waals surface area (Å²) < 4.78 is 12.8. The van der Waals surface area contributed by atoms with Crippen LogP contribution in [0.15, 0.2) is 24.3 Å². The average Bonchev–Trinajstić information content (AvgIpc) is 2.28. The summed E-state index contributed by atoms with van der Waals surface area (Å²) in [5.41, 5.74) is 0.420. The maximum atomic E-state index is 12.8. The minimum absolute atomic E-state index is 0.107. The van der Waals surface area contributed by atoms with Gasteiger partial charge >= 0.3 is 0 Å². The number of nitrogens with one attached hydrogen (secondary N) is 3. The summed E-state index contributed by atoms with van der Waals surface area (Å²) in [7, 11) is 0. The zero-order valence-electron chi connectivity index (χ0n) is 10.1. The van der Waals surface area contributed by atoms with Crippen LogP contribution in [0.1, 0.15) is 6.92 Å². The first kappa shape index (κ1) is 14.1. The minimum Gasteiger partial charge on any atom is -0.355 e. The molecule has 18 heavy (non-hydrogen) atoms. The summed E-state index contributed by atoms with van der Waals surface area (Å²) in [6.07, 6.45) is 0. The average molecular weight is 253 g/mol. The van der Waals surface area contributed by atoms with E-state index in [2.05, 4.69) is 16.0 Å². The van der Waals surface area contributed by atoms with Crippen molar-refractivity contribution in [3.8, 4) is 0 Å². The number of anilines is 1. The van der Waals surface area contributed by atoms with Crippen molar-refractivity contribution in [3.63, 3.8) is 0 Å². The molecular formula is C12H16FN3O2. The number of hydrogen-bond donors (Lipinski definition) is 3. The Morgan fingerprint density at radius 3 is 2.72 bits per heavy atom. The fraction of sp³-hybridized carbons (Fsp3) is 0.333. The van der Waals surface area contributed by atoms with Crippen LogP contribution in [0.4, 0.5) is 10.1 Å². The molecule has 0 aliphatic carbocycles. The van der Waals surface area contributed by atoms with Crippen molar-refractivity contribution in [2.75, 3.05) is 25.0 Å². The van der Waals surface area contributed by atoms with E-state index in [0.717, 1.165) is 0 Å². The Morgan fingerprint density at radius 2 is 2.06 bits per heavy atom. The Bertz CT molecular complexity index is 424. The quantitative estimate of drug-likeness (QED) is 0.646. The van der Waals surface area contributed by atoms with Gasteiger partial charge in [0.05, 0.1) is 6.54 Å². The van der Waals surface area contributed by atoms with Crippen molar-refractivity contribution < 1.29 is 14.0 Å². The first-order valence-corrected chi connectivity index (χ1v) is 5.58. The molecule has 1 rings (SSSR count). The molecule has 0 radical (unpaired) electrons. The molecule has 0 spiro atoms. The highest BCUT2D eigenvalue weighted by Gasteiger charge is 2.02. The van der Waals surface area contributed by atoms with Crippen LogP contribution in [0.2, 0.25) is 0 Å². The molecule has 5 nitrogen and oxygen atoms in total. The smallest absolute Gasteiger partial charge is 0.238 e. The molecule has 0 saturated carbocycles. The molecule has 98 valence electrons. The van der Waals surface area contributed by atoms with Crippen LogP contribution < -0.4 is 16.0 Å². The molecule has 0 aliphatic heterocycles. The molecule has 2 amide bonds. The van der Waals surface area contributed by atoms with Crippen molar-refractivity contribution in [1.82, 2.24) is 10.6 Å². The lowest BCUT2D eigenvalue weighted by atomic mass is 10.3. The van der Waals surface area contributed by atoms with E-state index >= 15 is 0 Å². The third kappa shape index (κ3) is 5.95. The van der Waals surface area contributed by atoms with Gasteiger partial charge in [-0.3, -0.25) is 9.59 Å². The maximum Gasteiger partial charge on any atom is 0.238 e. The third-order valence-corrected chi connectivity index (χ3v) is 2.07. The van der Waals surface area contributed by atoms with Crippen molar-refractivity contribution in [2.45, 2.75) is 6.92 Å². The monoisotopic (exact) mass is 253 g/mol. The second-order valence-electron chi connectivity index (χ2n) is 3.72. The van der Waals surface area contributed by atoms with Crippen molar-refractivity contribution in [1.29, 1.82) is 0 Å². The number of halogens is 1. The lowest BCUT2D eigenvalue weighted by Crippen LogP contribution is -2.34. The molecule has 1 aromatic carbocycles. The van der Waals surface area contributed by atoms with Gasteiger partial charge in [-0.15, -0.1) is 0 Å². The number of benzene rings is 1. The zero-order valence-corrected chi connectivity index (χ0v) is 10.1. The van der Waals surface area contributed by atoms with Gasteiger partial charge in [-0.25, -0.2) is 4.39 Å².